The number of aryl methyl sites for hydroxylation is 1. The standard InChI is InChI=1S/C19H21ClN4O3/c20-15-5-2-14(3-6-15)4-9-18(26)23-10-1-11-24(13-12-23)19(27)16-7-8-17(25)22-21-16/h2-3,5-8H,1,4,9-13H2,(H,22,25). The first-order valence-corrected chi connectivity index (χ1v) is 9.28. The van der Waals surface area contributed by atoms with Gasteiger partial charge in [0.05, 0.1) is 0 Å². The van der Waals surface area contributed by atoms with Crippen LogP contribution in [0, 0.1) is 0 Å². The van der Waals surface area contributed by atoms with Gasteiger partial charge in [0, 0.05) is 43.7 Å². The molecule has 0 spiro atoms. The van der Waals surface area contributed by atoms with E-state index in [9.17, 15) is 14.4 Å². The first-order chi connectivity index (χ1) is 13.0. The Morgan fingerprint density at radius 2 is 1.70 bits per heavy atom. The van der Waals surface area contributed by atoms with E-state index in [2.05, 4.69) is 10.2 Å². The Kier molecular flexibility index (Phi) is 6.24. The number of carbonyl (C=O) groups is 2. The molecule has 0 unspecified atom stereocenters. The van der Waals surface area contributed by atoms with Gasteiger partial charge in [0.25, 0.3) is 11.5 Å². The molecule has 1 saturated heterocycles. The maximum absolute atomic E-state index is 12.5. The van der Waals surface area contributed by atoms with Crippen molar-refractivity contribution < 1.29 is 9.59 Å². The summed E-state index contributed by atoms with van der Waals surface area (Å²) in [5.74, 6) is -0.150. The largest absolute Gasteiger partial charge is 0.341 e. The average molecular weight is 389 g/mol. The van der Waals surface area contributed by atoms with Gasteiger partial charge in [-0.3, -0.25) is 14.4 Å². The van der Waals surface area contributed by atoms with Crippen LogP contribution in [-0.4, -0.2) is 58.0 Å². The smallest absolute Gasteiger partial charge is 0.274 e. The molecule has 142 valence electrons. The molecule has 7 nitrogen and oxygen atoms in total. The average Bonchev–Trinajstić information content (AvgIpc) is 2.94. The number of aromatic nitrogens is 2. The van der Waals surface area contributed by atoms with Gasteiger partial charge < -0.3 is 9.80 Å². The number of halogens is 1. The number of nitrogens with one attached hydrogen (secondary N) is 1. The lowest BCUT2D eigenvalue weighted by Gasteiger charge is -2.22. The van der Waals surface area contributed by atoms with Crippen molar-refractivity contribution in [3.63, 3.8) is 0 Å². The Labute approximate surface area is 161 Å². The summed E-state index contributed by atoms with van der Waals surface area (Å²) in [5, 5.41) is 6.74. The van der Waals surface area contributed by atoms with Crippen LogP contribution in [0.2, 0.25) is 5.02 Å². The van der Waals surface area contributed by atoms with Crippen molar-refractivity contribution in [1.29, 1.82) is 0 Å². The molecular weight excluding hydrogens is 368 g/mol. The summed E-state index contributed by atoms with van der Waals surface area (Å²) >= 11 is 5.88. The number of hydrogen-bond donors (Lipinski definition) is 1. The third kappa shape index (κ3) is 5.17. The van der Waals surface area contributed by atoms with Crippen molar-refractivity contribution in [3.05, 3.63) is 63.0 Å². The zero-order chi connectivity index (χ0) is 19.2. The second kappa shape index (κ2) is 8.81. The third-order valence-corrected chi connectivity index (χ3v) is 4.83. The molecule has 2 heterocycles. The van der Waals surface area contributed by atoms with Crippen molar-refractivity contribution in [3.8, 4) is 0 Å². The Balaban J connectivity index is 1.53. The molecule has 0 aliphatic carbocycles. The summed E-state index contributed by atoms with van der Waals surface area (Å²) in [4.78, 5) is 39.6. The molecule has 1 aromatic carbocycles. The molecule has 1 N–H and O–H groups in total. The fraction of sp³-hybridized carbons (Fsp3) is 0.368. The monoisotopic (exact) mass is 388 g/mol. The number of amides is 2. The minimum absolute atomic E-state index is 0.0846. The van der Waals surface area contributed by atoms with Gasteiger partial charge in [-0.25, -0.2) is 5.10 Å². The number of hydrogen-bond acceptors (Lipinski definition) is 4. The highest BCUT2D eigenvalue weighted by atomic mass is 35.5. The fourth-order valence-electron chi connectivity index (χ4n) is 3.06. The van der Waals surface area contributed by atoms with Crippen molar-refractivity contribution in [1.82, 2.24) is 20.0 Å². The molecular formula is C19H21ClN4O3. The van der Waals surface area contributed by atoms with Gasteiger partial charge in [-0.05, 0) is 36.6 Å². The SMILES string of the molecule is O=C(CCc1ccc(Cl)cc1)N1CCCN(C(=O)c2ccc(=O)[nH]n2)CC1. The molecule has 0 saturated carbocycles. The summed E-state index contributed by atoms with van der Waals surface area (Å²) in [6.45, 7) is 2.13. The molecule has 1 aliphatic rings. The Morgan fingerprint density at radius 1 is 1.00 bits per heavy atom. The molecule has 1 fully saturated rings. The van der Waals surface area contributed by atoms with Gasteiger partial charge in [-0.1, -0.05) is 23.7 Å². The van der Waals surface area contributed by atoms with E-state index in [1.54, 1.807) is 4.90 Å². The molecule has 8 heteroatoms. The molecule has 1 aromatic heterocycles. The number of aromatic amines is 1. The molecule has 0 radical (unpaired) electrons. The van der Waals surface area contributed by atoms with E-state index in [0.717, 1.165) is 5.56 Å². The number of benzene rings is 1. The number of H-pyrrole nitrogens is 1. The summed E-state index contributed by atoms with van der Waals surface area (Å²) in [5.41, 5.74) is 0.931. The lowest BCUT2D eigenvalue weighted by Crippen LogP contribution is -2.38. The molecule has 2 amide bonds. The molecule has 1 aliphatic heterocycles. The van der Waals surface area contributed by atoms with E-state index in [1.807, 2.05) is 29.2 Å². The van der Waals surface area contributed by atoms with Crippen LogP contribution in [0.15, 0.2) is 41.2 Å². The number of carbonyl (C=O) groups excluding carboxylic acids is 2. The highest BCUT2D eigenvalue weighted by Gasteiger charge is 2.23. The fourth-order valence-corrected chi connectivity index (χ4v) is 3.18. The first kappa shape index (κ1) is 19.1. The maximum Gasteiger partial charge on any atom is 0.274 e. The Morgan fingerprint density at radius 3 is 2.41 bits per heavy atom. The third-order valence-electron chi connectivity index (χ3n) is 4.57. The van der Waals surface area contributed by atoms with Crippen LogP contribution in [0.25, 0.3) is 0 Å². The number of nitrogens with zero attached hydrogens (tertiary/aromatic N) is 3. The van der Waals surface area contributed by atoms with Crippen LogP contribution in [0.5, 0.6) is 0 Å². The van der Waals surface area contributed by atoms with Crippen molar-refractivity contribution in [2.24, 2.45) is 0 Å². The lowest BCUT2D eigenvalue weighted by molar-refractivity contribution is -0.131. The highest BCUT2D eigenvalue weighted by molar-refractivity contribution is 6.30. The zero-order valence-electron chi connectivity index (χ0n) is 14.9. The molecule has 0 bridgehead atoms. The highest BCUT2D eigenvalue weighted by Crippen LogP contribution is 2.13. The van der Waals surface area contributed by atoms with Gasteiger partial charge in [0.15, 0.2) is 0 Å². The topological polar surface area (TPSA) is 86.4 Å². The van der Waals surface area contributed by atoms with Crippen LogP contribution in [0.4, 0.5) is 0 Å². The van der Waals surface area contributed by atoms with Crippen molar-refractivity contribution in [2.45, 2.75) is 19.3 Å². The number of rotatable bonds is 4. The Bertz CT molecular complexity index is 846. The Hall–Kier alpha value is -2.67. The zero-order valence-corrected chi connectivity index (χ0v) is 15.6. The van der Waals surface area contributed by atoms with Gasteiger partial charge >= 0.3 is 0 Å². The van der Waals surface area contributed by atoms with Crippen LogP contribution in [-0.2, 0) is 11.2 Å². The first-order valence-electron chi connectivity index (χ1n) is 8.90. The van der Waals surface area contributed by atoms with E-state index in [-0.39, 0.29) is 23.1 Å². The normalized spacial score (nSPS) is 14.7. The predicted octanol–water partition coefficient (Wildman–Crippen LogP) is 1.73. The summed E-state index contributed by atoms with van der Waals surface area (Å²) in [6, 6.07) is 10.2. The summed E-state index contributed by atoms with van der Waals surface area (Å²) < 4.78 is 0. The summed E-state index contributed by atoms with van der Waals surface area (Å²) in [7, 11) is 0. The second-order valence-electron chi connectivity index (χ2n) is 6.46. The quantitative estimate of drug-likeness (QED) is 0.864. The van der Waals surface area contributed by atoms with Crippen LogP contribution < -0.4 is 5.56 Å². The molecule has 27 heavy (non-hydrogen) atoms. The summed E-state index contributed by atoms with van der Waals surface area (Å²) in [6.07, 6.45) is 1.80. The molecule has 2 aromatic rings. The van der Waals surface area contributed by atoms with Crippen LogP contribution in [0.3, 0.4) is 0 Å². The lowest BCUT2D eigenvalue weighted by atomic mass is 10.1. The minimum atomic E-state index is -0.347. The van der Waals surface area contributed by atoms with Crippen molar-refractivity contribution >= 4 is 23.4 Å². The van der Waals surface area contributed by atoms with E-state index >= 15 is 0 Å². The van der Waals surface area contributed by atoms with E-state index in [0.29, 0.717) is 50.5 Å². The van der Waals surface area contributed by atoms with Gasteiger partial charge in [-0.2, -0.15) is 5.10 Å². The van der Waals surface area contributed by atoms with E-state index in [1.165, 1.54) is 12.1 Å². The molecule has 3 rings (SSSR count). The van der Waals surface area contributed by atoms with E-state index in [4.69, 9.17) is 11.6 Å². The maximum atomic E-state index is 12.5. The minimum Gasteiger partial charge on any atom is -0.341 e. The van der Waals surface area contributed by atoms with Crippen LogP contribution in [0.1, 0.15) is 28.9 Å². The van der Waals surface area contributed by atoms with Gasteiger partial charge in [0.2, 0.25) is 5.91 Å². The van der Waals surface area contributed by atoms with Crippen molar-refractivity contribution in [2.75, 3.05) is 26.2 Å². The van der Waals surface area contributed by atoms with Gasteiger partial charge in [-0.15, -0.1) is 0 Å². The predicted molar refractivity (Wildman–Crippen MR) is 102 cm³/mol. The van der Waals surface area contributed by atoms with Crippen LogP contribution >= 0.6 is 11.6 Å². The molecule has 0 atom stereocenters. The van der Waals surface area contributed by atoms with E-state index < -0.39 is 0 Å². The second-order valence-corrected chi connectivity index (χ2v) is 6.90. The van der Waals surface area contributed by atoms with Gasteiger partial charge in [0.1, 0.15) is 5.69 Å².